The summed E-state index contributed by atoms with van der Waals surface area (Å²) >= 11 is 0. The highest BCUT2D eigenvalue weighted by Gasteiger charge is 2.28. The number of rotatable bonds is 5. The zero-order valence-corrected chi connectivity index (χ0v) is 16.6. The summed E-state index contributed by atoms with van der Waals surface area (Å²) in [4.78, 5) is 39.8. The van der Waals surface area contributed by atoms with E-state index in [0.717, 1.165) is 16.1 Å². The van der Waals surface area contributed by atoms with E-state index >= 15 is 0 Å². The summed E-state index contributed by atoms with van der Waals surface area (Å²) in [6, 6.07) is 6.27. The van der Waals surface area contributed by atoms with Gasteiger partial charge in [0.05, 0.1) is 11.1 Å². The molecule has 1 aromatic carbocycles. The van der Waals surface area contributed by atoms with Gasteiger partial charge in [0.2, 0.25) is 0 Å². The lowest BCUT2D eigenvalue weighted by molar-refractivity contribution is 0.102. The lowest BCUT2D eigenvalue weighted by atomic mass is 10.2. The van der Waals surface area contributed by atoms with Crippen LogP contribution >= 0.6 is 0 Å². The number of carbonyl (C=O) groups excluding carboxylic acids is 1. The zero-order chi connectivity index (χ0) is 21.3. The molecule has 3 aromatic rings. The smallest absolute Gasteiger partial charge is 0.316 e. The third-order valence-corrected chi connectivity index (χ3v) is 5.96. The Morgan fingerprint density at radius 2 is 1.86 bits per heavy atom. The molecule has 3 N–H and O–H groups in total. The molecule has 0 aliphatic carbocycles. The maximum Gasteiger partial charge on any atom is 0.325 e. The summed E-state index contributed by atoms with van der Waals surface area (Å²) in [6.45, 7) is 1.84. The number of H-pyrrole nitrogens is 2. The minimum absolute atomic E-state index is 0.00364. The summed E-state index contributed by atoms with van der Waals surface area (Å²) < 4.78 is 28.1. The summed E-state index contributed by atoms with van der Waals surface area (Å²) in [5, 5.41) is 6.30. The van der Waals surface area contributed by atoms with Gasteiger partial charge in [0, 0.05) is 20.3 Å². The summed E-state index contributed by atoms with van der Waals surface area (Å²) in [6.07, 6.45) is 2.23. The SMILES string of the molecule is Cc1ccc(S(=O)(=O)N(C)c2c(C(=O)Nc3c[nH]c(=O)[nH]c3=O)cnn2C)cc1. The van der Waals surface area contributed by atoms with Gasteiger partial charge in [-0.25, -0.2) is 13.2 Å². The molecule has 0 saturated carbocycles. The molecule has 0 aliphatic rings. The van der Waals surface area contributed by atoms with Crippen LogP contribution in [-0.2, 0) is 17.1 Å². The minimum atomic E-state index is -3.97. The fourth-order valence-corrected chi connectivity index (χ4v) is 3.88. The quantitative estimate of drug-likeness (QED) is 0.538. The van der Waals surface area contributed by atoms with Gasteiger partial charge in [-0.15, -0.1) is 0 Å². The summed E-state index contributed by atoms with van der Waals surface area (Å²) in [7, 11) is -1.18. The second-order valence-corrected chi connectivity index (χ2v) is 8.20. The number of benzene rings is 1. The van der Waals surface area contributed by atoms with Crippen molar-refractivity contribution in [2.75, 3.05) is 16.7 Å². The van der Waals surface area contributed by atoms with E-state index in [1.807, 2.05) is 11.9 Å². The molecule has 2 aromatic heterocycles. The number of amides is 1. The Morgan fingerprint density at radius 1 is 1.21 bits per heavy atom. The third kappa shape index (κ3) is 3.82. The van der Waals surface area contributed by atoms with Crippen LogP contribution in [0.3, 0.4) is 0 Å². The maximum absolute atomic E-state index is 13.0. The molecular weight excluding hydrogens is 400 g/mol. The van der Waals surface area contributed by atoms with Gasteiger partial charge in [0.1, 0.15) is 11.3 Å². The van der Waals surface area contributed by atoms with Gasteiger partial charge < -0.3 is 10.3 Å². The second kappa shape index (κ2) is 7.39. The van der Waals surface area contributed by atoms with Crippen LogP contribution in [0.4, 0.5) is 11.5 Å². The molecule has 0 atom stereocenters. The number of hydrogen-bond donors (Lipinski definition) is 3. The first-order chi connectivity index (χ1) is 13.6. The Labute approximate surface area is 165 Å². The van der Waals surface area contributed by atoms with Gasteiger partial charge in [-0.2, -0.15) is 5.10 Å². The van der Waals surface area contributed by atoms with E-state index in [4.69, 9.17) is 0 Å². The number of nitrogens with zero attached hydrogens (tertiary/aromatic N) is 3. The molecule has 2 heterocycles. The highest BCUT2D eigenvalue weighted by molar-refractivity contribution is 7.92. The number of anilines is 2. The zero-order valence-electron chi connectivity index (χ0n) is 15.8. The van der Waals surface area contributed by atoms with Crippen molar-refractivity contribution in [3.8, 4) is 0 Å². The number of aromatic amines is 2. The van der Waals surface area contributed by atoms with Crippen molar-refractivity contribution in [2.24, 2.45) is 7.05 Å². The van der Waals surface area contributed by atoms with E-state index in [2.05, 4.69) is 15.4 Å². The first-order valence-electron chi connectivity index (χ1n) is 8.32. The van der Waals surface area contributed by atoms with Crippen LogP contribution in [0.5, 0.6) is 0 Å². The standard InChI is InChI=1S/C17H18N6O5S/c1-10-4-6-11(7-5-10)29(27,28)23(3)16-12(8-19-22(16)2)14(24)20-13-9-18-17(26)21-15(13)25/h4-9H,1-3H3,(H,20,24)(H2,18,21,25,26). The van der Waals surface area contributed by atoms with E-state index in [1.54, 1.807) is 12.1 Å². The van der Waals surface area contributed by atoms with E-state index in [-0.39, 0.29) is 22.0 Å². The Bertz CT molecular complexity index is 1290. The van der Waals surface area contributed by atoms with Gasteiger partial charge in [0.25, 0.3) is 21.5 Å². The van der Waals surface area contributed by atoms with Gasteiger partial charge in [-0.05, 0) is 19.1 Å². The Morgan fingerprint density at radius 3 is 2.48 bits per heavy atom. The molecule has 0 spiro atoms. The van der Waals surface area contributed by atoms with Crippen LogP contribution in [0.2, 0.25) is 0 Å². The highest BCUT2D eigenvalue weighted by atomic mass is 32.2. The molecule has 0 fully saturated rings. The predicted molar refractivity (Wildman–Crippen MR) is 106 cm³/mol. The fraction of sp³-hybridized carbons (Fsp3) is 0.176. The maximum atomic E-state index is 13.0. The molecule has 0 saturated heterocycles. The first-order valence-corrected chi connectivity index (χ1v) is 9.76. The molecule has 0 unspecified atom stereocenters. The van der Waals surface area contributed by atoms with Crippen LogP contribution < -0.4 is 20.9 Å². The number of nitrogens with one attached hydrogen (secondary N) is 3. The molecule has 0 bridgehead atoms. The van der Waals surface area contributed by atoms with E-state index < -0.39 is 27.2 Å². The van der Waals surface area contributed by atoms with Crippen molar-refractivity contribution in [3.05, 3.63) is 68.6 Å². The largest absolute Gasteiger partial charge is 0.325 e. The second-order valence-electron chi connectivity index (χ2n) is 6.23. The Balaban J connectivity index is 1.98. The average Bonchev–Trinajstić information content (AvgIpc) is 3.05. The molecule has 152 valence electrons. The number of aromatic nitrogens is 4. The minimum Gasteiger partial charge on any atom is -0.316 e. The highest BCUT2D eigenvalue weighted by Crippen LogP contribution is 2.25. The van der Waals surface area contributed by atoms with Gasteiger partial charge in [-0.1, -0.05) is 17.7 Å². The van der Waals surface area contributed by atoms with E-state index in [9.17, 15) is 22.8 Å². The molecule has 12 heteroatoms. The van der Waals surface area contributed by atoms with Crippen LogP contribution in [0, 0.1) is 6.92 Å². The van der Waals surface area contributed by atoms with Crippen LogP contribution in [0.1, 0.15) is 15.9 Å². The molecule has 1 amide bonds. The van der Waals surface area contributed by atoms with Crippen molar-refractivity contribution in [2.45, 2.75) is 11.8 Å². The number of hydrogen-bond acceptors (Lipinski definition) is 6. The molecule has 11 nitrogen and oxygen atoms in total. The van der Waals surface area contributed by atoms with Crippen LogP contribution in [0.25, 0.3) is 0 Å². The van der Waals surface area contributed by atoms with Crippen molar-refractivity contribution in [3.63, 3.8) is 0 Å². The number of sulfonamides is 1. The van der Waals surface area contributed by atoms with Gasteiger partial charge in [0.15, 0.2) is 5.82 Å². The third-order valence-electron chi connectivity index (χ3n) is 4.20. The Hall–Kier alpha value is -3.67. The molecule has 3 rings (SSSR count). The summed E-state index contributed by atoms with van der Waals surface area (Å²) in [5.74, 6) is -0.763. The number of carbonyl (C=O) groups is 1. The normalized spacial score (nSPS) is 11.3. The lowest BCUT2D eigenvalue weighted by Gasteiger charge is -2.21. The van der Waals surface area contributed by atoms with Crippen molar-refractivity contribution in [1.29, 1.82) is 0 Å². The molecule has 29 heavy (non-hydrogen) atoms. The molecule has 0 aliphatic heterocycles. The van der Waals surface area contributed by atoms with Crippen LogP contribution in [-0.4, -0.2) is 41.1 Å². The van der Waals surface area contributed by atoms with Gasteiger partial charge >= 0.3 is 5.69 Å². The van der Waals surface area contributed by atoms with E-state index in [0.29, 0.717) is 0 Å². The molecular formula is C17H18N6O5S. The average molecular weight is 418 g/mol. The summed E-state index contributed by atoms with van der Waals surface area (Å²) in [5.41, 5.74) is -0.893. The lowest BCUT2D eigenvalue weighted by Crippen LogP contribution is -2.31. The van der Waals surface area contributed by atoms with Crippen LogP contribution in [0.15, 0.2) is 51.1 Å². The predicted octanol–water partition coefficient (Wildman–Crippen LogP) is 0.183. The van der Waals surface area contributed by atoms with Crippen molar-refractivity contribution < 1.29 is 13.2 Å². The van der Waals surface area contributed by atoms with Crippen molar-refractivity contribution in [1.82, 2.24) is 19.7 Å². The monoisotopic (exact) mass is 418 g/mol. The topological polar surface area (TPSA) is 150 Å². The molecule has 0 radical (unpaired) electrons. The Kier molecular flexibility index (Phi) is 5.12. The fourth-order valence-electron chi connectivity index (χ4n) is 2.64. The van der Waals surface area contributed by atoms with E-state index in [1.165, 1.54) is 37.1 Å². The number of aryl methyl sites for hydroxylation is 2. The van der Waals surface area contributed by atoms with Crippen molar-refractivity contribution >= 4 is 27.4 Å². The first kappa shape index (κ1) is 20.1. The van der Waals surface area contributed by atoms with Gasteiger partial charge in [-0.3, -0.25) is 23.6 Å².